The molecule has 0 aliphatic rings. The average molecular weight is 280 g/mol. The van der Waals surface area contributed by atoms with Crippen molar-refractivity contribution in [1.29, 1.82) is 5.26 Å². The molecule has 0 aliphatic heterocycles. The van der Waals surface area contributed by atoms with E-state index < -0.39 is 0 Å². The summed E-state index contributed by atoms with van der Waals surface area (Å²) in [6.45, 7) is 4.82. The average Bonchev–Trinajstić information content (AvgIpc) is 2.51. The number of rotatable bonds is 6. The first-order chi connectivity index (χ1) is 10.2. The number of aryl methyl sites for hydroxylation is 1. The standard InChI is InChI=1S/C18H20N2O/c1-3-11-21-17-9-7-15(8-10-17)18(13-19)20-16-6-4-5-14(2)12-16/h4-10,12,18,20H,3,11H2,1-2H3. The second kappa shape index (κ2) is 7.35. The Kier molecular flexibility index (Phi) is 5.22. The predicted molar refractivity (Wildman–Crippen MR) is 85.4 cm³/mol. The van der Waals surface area contributed by atoms with Gasteiger partial charge in [0, 0.05) is 5.69 Å². The monoisotopic (exact) mass is 280 g/mol. The van der Waals surface area contributed by atoms with Crippen LogP contribution in [-0.4, -0.2) is 6.61 Å². The molecule has 0 aromatic heterocycles. The summed E-state index contributed by atoms with van der Waals surface area (Å²) in [7, 11) is 0. The normalized spacial score (nSPS) is 11.5. The smallest absolute Gasteiger partial charge is 0.140 e. The van der Waals surface area contributed by atoms with Crippen molar-refractivity contribution in [1.82, 2.24) is 0 Å². The zero-order valence-corrected chi connectivity index (χ0v) is 12.5. The minimum Gasteiger partial charge on any atom is -0.494 e. The third-order valence-corrected chi connectivity index (χ3v) is 3.14. The van der Waals surface area contributed by atoms with E-state index in [9.17, 15) is 5.26 Å². The van der Waals surface area contributed by atoms with Gasteiger partial charge in [0.15, 0.2) is 0 Å². The number of hydrogen-bond acceptors (Lipinski definition) is 3. The molecule has 108 valence electrons. The Hall–Kier alpha value is -2.47. The fourth-order valence-corrected chi connectivity index (χ4v) is 2.07. The Balaban J connectivity index is 2.09. The van der Waals surface area contributed by atoms with E-state index in [1.54, 1.807) is 0 Å². The zero-order valence-electron chi connectivity index (χ0n) is 12.5. The van der Waals surface area contributed by atoms with Gasteiger partial charge < -0.3 is 10.1 Å². The van der Waals surface area contributed by atoms with Crippen LogP contribution in [0.15, 0.2) is 48.5 Å². The van der Waals surface area contributed by atoms with E-state index in [1.165, 1.54) is 5.56 Å². The van der Waals surface area contributed by atoms with Crippen LogP contribution < -0.4 is 10.1 Å². The summed E-state index contributed by atoms with van der Waals surface area (Å²) in [6.07, 6.45) is 0.984. The van der Waals surface area contributed by atoms with Crippen LogP contribution >= 0.6 is 0 Å². The van der Waals surface area contributed by atoms with E-state index in [0.717, 1.165) is 23.4 Å². The maximum Gasteiger partial charge on any atom is 0.140 e. The summed E-state index contributed by atoms with van der Waals surface area (Å²) in [4.78, 5) is 0. The van der Waals surface area contributed by atoms with Gasteiger partial charge in [0.05, 0.1) is 12.7 Å². The molecular weight excluding hydrogens is 260 g/mol. The number of nitriles is 1. The highest BCUT2D eigenvalue weighted by Gasteiger charge is 2.10. The molecule has 21 heavy (non-hydrogen) atoms. The number of hydrogen-bond donors (Lipinski definition) is 1. The number of nitrogens with one attached hydrogen (secondary N) is 1. The van der Waals surface area contributed by atoms with Crippen LogP contribution in [0.1, 0.15) is 30.5 Å². The lowest BCUT2D eigenvalue weighted by molar-refractivity contribution is 0.317. The lowest BCUT2D eigenvalue weighted by Gasteiger charge is -2.14. The summed E-state index contributed by atoms with van der Waals surface area (Å²) < 4.78 is 5.55. The van der Waals surface area contributed by atoms with E-state index in [4.69, 9.17) is 4.74 Å². The molecule has 0 saturated carbocycles. The third-order valence-electron chi connectivity index (χ3n) is 3.14. The summed E-state index contributed by atoms with van der Waals surface area (Å²) >= 11 is 0. The molecule has 3 nitrogen and oxygen atoms in total. The number of ether oxygens (including phenoxy) is 1. The van der Waals surface area contributed by atoms with Gasteiger partial charge in [-0.1, -0.05) is 31.2 Å². The van der Waals surface area contributed by atoms with Gasteiger partial charge in [-0.05, 0) is 48.7 Å². The van der Waals surface area contributed by atoms with Crippen molar-refractivity contribution in [2.75, 3.05) is 11.9 Å². The molecule has 1 atom stereocenters. The molecule has 3 heteroatoms. The van der Waals surface area contributed by atoms with E-state index in [1.807, 2.05) is 55.5 Å². The molecular formula is C18H20N2O. The van der Waals surface area contributed by atoms with Crippen LogP contribution in [-0.2, 0) is 0 Å². The van der Waals surface area contributed by atoms with Gasteiger partial charge in [0.2, 0.25) is 0 Å². The molecule has 2 aromatic carbocycles. The molecule has 0 fully saturated rings. The molecule has 1 N–H and O–H groups in total. The molecule has 0 amide bonds. The molecule has 0 heterocycles. The molecule has 0 bridgehead atoms. The molecule has 0 saturated heterocycles. The van der Waals surface area contributed by atoms with Crippen LogP contribution in [0.2, 0.25) is 0 Å². The first-order valence-electron chi connectivity index (χ1n) is 7.18. The molecule has 1 unspecified atom stereocenters. The highest BCUT2D eigenvalue weighted by atomic mass is 16.5. The van der Waals surface area contributed by atoms with Crippen molar-refractivity contribution in [3.63, 3.8) is 0 Å². The van der Waals surface area contributed by atoms with Crippen molar-refractivity contribution in [2.24, 2.45) is 0 Å². The lowest BCUT2D eigenvalue weighted by atomic mass is 10.1. The Morgan fingerprint density at radius 3 is 2.57 bits per heavy atom. The summed E-state index contributed by atoms with van der Waals surface area (Å²) in [5.41, 5.74) is 3.05. The zero-order chi connectivity index (χ0) is 15.1. The van der Waals surface area contributed by atoms with E-state index in [0.29, 0.717) is 6.61 Å². The second-order valence-electron chi connectivity index (χ2n) is 4.99. The fourth-order valence-electron chi connectivity index (χ4n) is 2.07. The van der Waals surface area contributed by atoms with Crippen LogP contribution in [0.3, 0.4) is 0 Å². The lowest BCUT2D eigenvalue weighted by Crippen LogP contribution is -2.08. The topological polar surface area (TPSA) is 45.0 Å². The van der Waals surface area contributed by atoms with Gasteiger partial charge in [-0.2, -0.15) is 5.26 Å². The Morgan fingerprint density at radius 1 is 1.19 bits per heavy atom. The quantitative estimate of drug-likeness (QED) is 0.849. The van der Waals surface area contributed by atoms with Crippen LogP contribution in [0.4, 0.5) is 5.69 Å². The molecule has 0 spiro atoms. The van der Waals surface area contributed by atoms with Crippen molar-refractivity contribution in [3.05, 3.63) is 59.7 Å². The van der Waals surface area contributed by atoms with E-state index >= 15 is 0 Å². The van der Waals surface area contributed by atoms with Crippen molar-refractivity contribution in [3.8, 4) is 11.8 Å². The number of benzene rings is 2. The minimum atomic E-state index is -0.368. The summed E-state index contributed by atoms with van der Waals surface area (Å²) in [6, 6.07) is 17.6. The first-order valence-corrected chi connectivity index (χ1v) is 7.18. The number of nitrogens with zero attached hydrogens (tertiary/aromatic N) is 1. The Bertz CT molecular complexity index is 614. The van der Waals surface area contributed by atoms with Crippen LogP contribution in [0.25, 0.3) is 0 Å². The van der Waals surface area contributed by atoms with Crippen molar-refractivity contribution in [2.45, 2.75) is 26.3 Å². The first kappa shape index (κ1) is 14.9. The van der Waals surface area contributed by atoms with Crippen LogP contribution in [0.5, 0.6) is 5.75 Å². The number of anilines is 1. The van der Waals surface area contributed by atoms with E-state index in [-0.39, 0.29) is 6.04 Å². The molecule has 0 aliphatic carbocycles. The van der Waals surface area contributed by atoms with E-state index in [2.05, 4.69) is 18.3 Å². The minimum absolute atomic E-state index is 0.368. The van der Waals surface area contributed by atoms with Gasteiger partial charge in [0.1, 0.15) is 11.8 Å². The van der Waals surface area contributed by atoms with Crippen molar-refractivity contribution >= 4 is 5.69 Å². The molecule has 0 radical (unpaired) electrons. The van der Waals surface area contributed by atoms with Gasteiger partial charge >= 0.3 is 0 Å². The van der Waals surface area contributed by atoms with Crippen LogP contribution in [0, 0.1) is 18.3 Å². The maximum atomic E-state index is 9.38. The largest absolute Gasteiger partial charge is 0.494 e. The summed E-state index contributed by atoms with van der Waals surface area (Å²) in [5, 5.41) is 12.6. The predicted octanol–water partition coefficient (Wildman–Crippen LogP) is 4.46. The van der Waals surface area contributed by atoms with Gasteiger partial charge in [-0.3, -0.25) is 0 Å². The molecule has 2 aromatic rings. The van der Waals surface area contributed by atoms with Gasteiger partial charge in [-0.25, -0.2) is 0 Å². The van der Waals surface area contributed by atoms with Crippen molar-refractivity contribution < 1.29 is 4.74 Å². The maximum absolute atomic E-state index is 9.38. The SMILES string of the molecule is CCCOc1ccc(C(C#N)Nc2cccc(C)c2)cc1. The third kappa shape index (κ3) is 4.25. The highest BCUT2D eigenvalue weighted by molar-refractivity contribution is 5.49. The van der Waals surface area contributed by atoms with Gasteiger partial charge in [-0.15, -0.1) is 0 Å². The van der Waals surface area contributed by atoms with Gasteiger partial charge in [0.25, 0.3) is 0 Å². The summed E-state index contributed by atoms with van der Waals surface area (Å²) in [5.74, 6) is 0.841. The Labute approximate surface area is 126 Å². The highest BCUT2D eigenvalue weighted by Crippen LogP contribution is 2.22. The fraction of sp³-hybridized carbons (Fsp3) is 0.278. The second-order valence-corrected chi connectivity index (χ2v) is 4.99. The Morgan fingerprint density at radius 2 is 1.95 bits per heavy atom. The molecule has 2 rings (SSSR count).